The van der Waals surface area contributed by atoms with Crippen molar-refractivity contribution in [1.29, 1.82) is 0 Å². The fourth-order valence-electron chi connectivity index (χ4n) is 2.70. The Kier molecular flexibility index (Phi) is 3.59. The number of rotatable bonds is 2. The van der Waals surface area contributed by atoms with Crippen molar-refractivity contribution >= 4 is 0 Å². The van der Waals surface area contributed by atoms with Crippen LogP contribution in [0.1, 0.15) is 31.7 Å². The van der Waals surface area contributed by atoms with Gasteiger partial charge in [0.1, 0.15) is 5.82 Å². The number of hydrogen-bond acceptors (Lipinski definition) is 1. The zero-order chi connectivity index (χ0) is 11.5. The van der Waals surface area contributed by atoms with Gasteiger partial charge in [0.05, 0.1) is 0 Å². The van der Waals surface area contributed by atoms with Gasteiger partial charge < -0.3 is 5.73 Å². The van der Waals surface area contributed by atoms with Crippen LogP contribution < -0.4 is 5.73 Å². The van der Waals surface area contributed by atoms with Gasteiger partial charge in [-0.25, -0.2) is 4.39 Å². The summed E-state index contributed by atoms with van der Waals surface area (Å²) in [6.45, 7) is 2.26. The fourth-order valence-corrected chi connectivity index (χ4v) is 2.70. The number of hydrogen-bond donors (Lipinski definition) is 1. The van der Waals surface area contributed by atoms with Gasteiger partial charge in [0.2, 0.25) is 0 Å². The van der Waals surface area contributed by atoms with Crippen LogP contribution in [0.4, 0.5) is 4.39 Å². The van der Waals surface area contributed by atoms with Gasteiger partial charge in [0.25, 0.3) is 0 Å². The molecule has 1 aliphatic carbocycles. The van der Waals surface area contributed by atoms with E-state index in [-0.39, 0.29) is 11.9 Å². The Balaban J connectivity index is 2.06. The van der Waals surface area contributed by atoms with Crippen LogP contribution in [0.15, 0.2) is 24.3 Å². The summed E-state index contributed by atoms with van der Waals surface area (Å²) in [7, 11) is 0. The molecule has 1 nitrogen and oxygen atoms in total. The molecule has 0 aromatic heterocycles. The third kappa shape index (κ3) is 2.62. The van der Waals surface area contributed by atoms with Crippen molar-refractivity contribution in [1.82, 2.24) is 0 Å². The summed E-state index contributed by atoms with van der Waals surface area (Å²) in [4.78, 5) is 0. The highest BCUT2D eigenvalue weighted by Crippen LogP contribution is 2.30. The minimum atomic E-state index is -0.0899. The van der Waals surface area contributed by atoms with E-state index < -0.39 is 0 Å². The Morgan fingerprint density at radius 2 is 2.06 bits per heavy atom. The lowest BCUT2D eigenvalue weighted by atomic mass is 9.76. The lowest BCUT2D eigenvalue weighted by molar-refractivity contribution is 0.243. The summed E-state index contributed by atoms with van der Waals surface area (Å²) in [5.41, 5.74) is 6.93. The van der Waals surface area contributed by atoms with Crippen molar-refractivity contribution in [2.24, 2.45) is 17.6 Å². The van der Waals surface area contributed by atoms with Crippen LogP contribution >= 0.6 is 0 Å². The summed E-state index contributed by atoms with van der Waals surface area (Å²) < 4.78 is 13.5. The molecule has 0 heterocycles. The molecule has 1 fully saturated rings. The number of halogens is 1. The molecule has 1 aromatic rings. The third-order valence-corrected chi connectivity index (χ3v) is 3.74. The average Bonchev–Trinajstić information content (AvgIpc) is 2.27. The molecule has 1 aromatic carbocycles. The SMILES string of the molecule is CC1CCC(N)C(Cc2ccccc2F)C1. The Morgan fingerprint density at radius 1 is 1.31 bits per heavy atom. The van der Waals surface area contributed by atoms with Gasteiger partial charge in [-0.3, -0.25) is 0 Å². The highest BCUT2D eigenvalue weighted by Gasteiger charge is 2.26. The van der Waals surface area contributed by atoms with E-state index >= 15 is 0 Å². The second-order valence-electron chi connectivity index (χ2n) is 5.14. The highest BCUT2D eigenvalue weighted by atomic mass is 19.1. The van der Waals surface area contributed by atoms with E-state index in [1.165, 1.54) is 12.5 Å². The van der Waals surface area contributed by atoms with Crippen LogP contribution in [0.2, 0.25) is 0 Å². The molecule has 0 spiro atoms. The van der Waals surface area contributed by atoms with Crippen molar-refractivity contribution < 1.29 is 4.39 Å². The maximum absolute atomic E-state index is 13.5. The normalized spacial score (nSPS) is 30.3. The molecule has 0 saturated heterocycles. The van der Waals surface area contributed by atoms with E-state index in [9.17, 15) is 4.39 Å². The van der Waals surface area contributed by atoms with Gasteiger partial charge in [-0.05, 0) is 49.1 Å². The van der Waals surface area contributed by atoms with Crippen LogP contribution in [0.25, 0.3) is 0 Å². The second-order valence-corrected chi connectivity index (χ2v) is 5.14. The van der Waals surface area contributed by atoms with E-state index in [4.69, 9.17) is 5.73 Å². The highest BCUT2D eigenvalue weighted by molar-refractivity contribution is 5.18. The Labute approximate surface area is 96.9 Å². The van der Waals surface area contributed by atoms with Gasteiger partial charge in [-0.1, -0.05) is 25.1 Å². The zero-order valence-corrected chi connectivity index (χ0v) is 9.83. The first-order valence-corrected chi connectivity index (χ1v) is 6.16. The molecule has 1 saturated carbocycles. The molecule has 0 amide bonds. The van der Waals surface area contributed by atoms with Gasteiger partial charge in [0, 0.05) is 6.04 Å². The molecule has 3 unspecified atom stereocenters. The molecule has 0 radical (unpaired) electrons. The Hall–Kier alpha value is -0.890. The zero-order valence-electron chi connectivity index (χ0n) is 9.83. The van der Waals surface area contributed by atoms with Gasteiger partial charge in [-0.2, -0.15) is 0 Å². The van der Waals surface area contributed by atoms with Gasteiger partial charge >= 0.3 is 0 Å². The van der Waals surface area contributed by atoms with Crippen molar-refractivity contribution in [3.8, 4) is 0 Å². The summed E-state index contributed by atoms with van der Waals surface area (Å²) in [5, 5.41) is 0. The first-order chi connectivity index (χ1) is 7.66. The topological polar surface area (TPSA) is 26.0 Å². The quantitative estimate of drug-likeness (QED) is 0.815. The van der Waals surface area contributed by atoms with Crippen LogP contribution in [-0.2, 0) is 6.42 Å². The standard InChI is InChI=1S/C14H20FN/c1-10-6-7-14(16)12(8-10)9-11-4-2-3-5-13(11)15/h2-5,10,12,14H,6-9,16H2,1H3. The van der Waals surface area contributed by atoms with Crippen molar-refractivity contribution in [2.45, 2.75) is 38.6 Å². The van der Waals surface area contributed by atoms with E-state index in [1.807, 2.05) is 12.1 Å². The van der Waals surface area contributed by atoms with Crippen LogP contribution in [0.3, 0.4) is 0 Å². The minimum Gasteiger partial charge on any atom is -0.327 e. The smallest absolute Gasteiger partial charge is 0.126 e. The van der Waals surface area contributed by atoms with Crippen LogP contribution in [0.5, 0.6) is 0 Å². The molecule has 2 rings (SSSR count). The first kappa shape index (κ1) is 11.6. The van der Waals surface area contributed by atoms with E-state index in [0.717, 1.165) is 30.7 Å². The molecule has 16 heavy (non-hydrogen) atoms. The van der Waals surface area contributed by atoms with Gasteiger partial charge in [-0.15, -0.1) is 0 Å². The molecule has 2 N–H and O–H groups in total. The summed E-state index contributed by atoms with van der Waals surface area (Å²) in [6, 6.07) is 7.29. The van der Waals surface area contributed by atoms with Gasteiger partial charge in [0.15, 0.2) is 0 Å². The Morgan fingerprint density at radius 3 is 2.81 bits per heavy atom. The molecule has 1 aliphatic rings. The van der Waals surface area contributed by atoms with Crippen molar-refractivity contribution in [3.63, 3.8) is 0 Å². The Bertz CT molecular complexity index is 350. The minimum absolute atomic E-state index is 0.0899. The summed E-state index contributed by atoms with van der Waals surface area (Å²) in [5.74, 6) is 1.09. The van der Waals surface area contributed by atoms with Crippen molar-refractivity contribution in [2.75, 3.05) is 0 Å². The fraction of sp³-hybridized carbons (Fsp3) is 0.571. The van der Waals surface area contributed by atoms with Crippen molar-refractivity contribution in [3.05, 3.63) is 35.6 Å². The monoisotopic (exact) mass is 221 g/mol. The maximum atomic E-state index is 13.5. The second kappa shape index (κ2) is 4.96. The summed E-state index contributed by atoms with van der Waals surface area (Å²) >= 11 is 0. The lowest BCUT2D eigenvalue weighted by Gasteiger charge is -2.32. The van der Waals surface area contributed by atoms with E-state index in [0.29, 0.717) is 5.92 Å². The number of benzene rings is 1. The predicted molar refractivity (Wildman–Crippen MR) is 64.6 cm³/mol. The van der Waals surface area contributed by atoms with Crippen LogP contribution in [-0.4, -0.2) is 6.04 Å². The molecular formula is C14H20FN. The predicted octanol–water partition coefficient (Wildman–Crippen LogP) is 3.13. The maximum Gasteiger partial charge on any atom is 0.126 e. The van der Waals surface area contributed by atoms with E-state index in [2.05, 4.69) is 6.92 Å². The summed E-state index contributed by atoms with van der Waals surface area (Å²) in [6.07, 6.45) is 4.23. The number of nitrogens with two attached hydrogens (primary N) is 1. The molecular weight excluding hydrogens is 201 g/mol. The van der Waals surface area contributed by atoms with Crippen LogP contribution in [0, 0.1) is 17.7 Å². The molecule has 2 heteroatoms. The molecule has 0 bridgehead atoms. The lowest BCUT2D eigenvalue weighted by Crippen LogP contribution is -2.36. The largest absolute Gasteiger partial charge is 0.327 e. The third-order valence-electron chi connectivity index (χ3n) is 3.74. The molecule has 0 aliphatic heterocycles. The van der Waals surface area contributed by atoms with E-state index in [1.54, 1.807) is 6.07 Å². The molecule has 3 atom stereocenters. The first-order valence-electron chi connectivity index (χ1n) is 6.16. The average molecular weight is 221 g/mol. The molecule has 88 valence electrons.